The number of halogens is 2. The van der Waals surface area contributed by atoms with Crippen LogP contribution in [0.4, 0.5) is 4.39 Å². The monoisotopic (exact) mass is 337 g/mol. The third-order valence-electron chi connectivity index (χ3n) is 3.16. The Balaban J connectivity index is 1.94. The van der Waals surface area contributed by atoms with Gasteiger partial charge in [-0.3, -0.25) is 0 Å². The van der Waals surface area contributed by atoms with E-state index in [1.54, 1.807) is 12.1 Å². The van der Waals surface area contributed by atoms with E-state index in [2.05, 4.69) is 40.3 Å². The zero-order valence-electron chi connectivity index (χ0n) is 11.3. The SMILES string of the molecule is Cc1cc(CNCc2ccc(F)c(CO)c2)ccc1Br. The second-order valence-electron chi connectivity index (χ2n) is 4.77. The summed E-state index contributed by atoms with van der Waals surface area (Å²) < 4.78 is 14.4. The Hall–Kier alpha value is -1.23. The van der Waals surface area contributed by atoms with Gasteiger partial charge in [-0.1, -0.05) is 34.1 Å². The first kappa shape index (κ1) is 15.2. The van der Waals surface area contributed by atoms with E-state index < -0.39 is 0 Å². The van der Waals surface area contributed by atoms with E-state index in [0.717, 1.165) is 16.6 Å². The lowest BCUT2D eigenvalue weighted by Gasteiger charge is -2.08. The number of aryl methyl sites for hydroxylation is 1. The molecule has 106 valence electrons. The summed E-state index contributed by atoms with van der Waals surface area (Å²) in [6.45, 7) is 3.18. The lowest BCUT2D eigenvalue weighted by atomic mass is 10.1. The highest BCUT2D eigenvalue weighted by molar-refractivity contribution is 9.10. The average molecular weight is 338 g/mol. The average Bonchev–Trinajstić information content (AvgIpc) is 2.44. The maximum absolute atomic E-state index is 13.3. The fraction of sp³-hybridized carbons (Fsp3) is 0.250. The van der Waals surface area contributed by atoms with Crippen LogP contribution >= 0.6 is 15.9 Å². The van der Waals surface area contributed by atoms with Crippen molar-refractivity contribution in [1.29, 1.82) is 0 Å². The third kappa shape index (κ3) is 3.88. The lowest BCUT2D eigenvalue weighted by Crippen LogP contribution is -2.13. The van der Waals surface area contributed by atoms with Crippen molar-refractivity contribution in [2.24, 2.45) is 0 Å². The second kappa shape index (κ2) is 6.97. The molecule has 0 aromatic heterocycles. The molecular weight excluding hydrogens is 321 g/mol. The minimum absolute atomic E-state index is 0.272. The molecule has 0 unspecified atom stereocenters. The molecule has 2 aromatic rings. The Morgan fingerprint density at radius 3 is 2.40 bits per heavy atom. The van der Waals surface area contributed by atoms with Crippen LogP contribution in [0.3, 0.4) is 0 Å². The normalized spacial score (nSPS) is 10.8. The molecular formula is C16H17BrFNO. The highest BCUT2D eigenvalue weighted by Crippen LogP contribution is 2.17. The number of aliphatic hydroxyl groups excluding tert-OH is 1. The molecule has 0 saturated carbocycles. The molecule has 0 amide bonds. The van der Waals surface area contributed by atoms with Crippen LogP contribution in [0.15, 0.2) is 40.9 Å². The smallest absolute Gasteiger partial charge is 0.128 e. The van der Waals surface area contributed by atoms with E-state index in [9.17, 15) is 4.39 Å². The molecule has 0 heterocycles. The fourth-order valence-electron chi connectivity index (χ4n) is 2.03. The number of hydrogen-bond acceptors (Lipinski definition) is 2. The fourth-order valence-corrected chi connectivity index (χ4v) is 2.27. The van der Waals surface area contributed by atoms with Crippen LogP contribution < -0.4 is 5.32 Å². The molecule has 0 saturated heterocycles. The highest BCUT2D eigenvalue weighted by atomic mass is 79.9. The van der Waals surface area contributed by atoms with Crippen LogP contribution in [0.25, 0.3) is 0 Å². The molecule has 4 heteroatoms. The first-order chi connectivity index (χ1) is 9.60. The number of rotatable bonds is 5. The summed E-state index contributed by atoms with van der Waals surface area (Å²) in [5.41, 5.74) is 3.71. The minimum Gasteiger partial charge on any atom is -0.392 e. The predicted octanol–water partition coefficient (Wildman–Crippen LogP) is 3.68. The molecule has 0 fully saturated rings. The molecule has 0 spiro atoms. The number of nitrogens with one attached hydrogen (secondary N) is 1. The van der Waals surface area contributed by atoms with Crippen molar-refractivity contribution in [2.75, 3.05) is 0 Å². The van der Waals surface area contributed by atoms with Crippen molar-refractivity contribution in [3.63, 3.8) is 0 Å². The molecule has 0 aliphatic heterocycles. The molecule has 20 heavy (non-hydrogen) atoms. The molecule has 0 aliphatic rings. The number of benzene rings is 2. The summed E-state index contributed by atoms with van der Waals surface area (Å²) in [6, 6.07) is 11.0. The van der Waals surface area contributed by atoms with Gasteiger partial charge in [0.05, 0.1) is 6.61 Å². The zero-order valence-corrected chi connectivity index (χ0v) is 12.9. The molecule has 2 N–H and O–H groups in total. The molecule has 0 bridgehead atoms. The van der Waals surface area contributed by atoms with Crippen molar-refractivity contribution in [2.45, 2.75) is 26.6 Å². The summed E-state index contributed by atoms with van der Waals surface area (Å²) in [6.07, 6.45) is 0. The van der Waals surface area contributed by atoms with Crippen molar-refractivity contribution in [3.05, 3.63) is 68.9 Å². The Bertz CT molecular complexity index is 601. The van der Waals surface area contributed by atoms with Crippen molar-refractivity contribution in [3.8, 4) is 0 Å². The quantitative estimate of drug-likeness (QED) is 0.872. The molecule has 2 nitrogen and oxygen atoms in total. The van der Waals surface area contributed by atoms with Gasteiger partial charge in [-0.15, -0.1) is 0 Å². The van der Waals surface area contributed by atoms with E-state index in [1.807, 2.05) is 6.07 Å². The van der Waals surface area contributed by atoms with Crippen LogP contribution in [0.1, 0.15) is 22.3 Å². The number of hydrogen-bond donors (Lipinski definition) is 2. The third-order valence-corrected chi connectivity index (χ3v) is 4.05. The number of aliphatic hydroxyl groups is 1. The maximum Gasteiger partial charge on any atom is 0.128 e. The Kier molecular flexibility index (Phi) is 5.29. The van der Waals surface area contributed by atoms with Crippen LogP contribution in [-0.4, -0.2) is 5.11 Å². The zero-order chi connectivity index (χ0) is 14.5. The van der Waals surface area contributed by atoms with Gasteiger partial charge in [-0.05, 0) is 41.8 Å². The first-order valence-corrected chi connectivity index (χ1v) is 7.23. The molecule has 0 radical (unpaired) electrons. The minimum atomic E-state index is -0.361. The van der Waals surface area contributed by atoms with Gasteiger partial charge in [0.1, 0.15) is 5.82 Å². The van der Waals surface area contributed by atoms with Crippen molar-refractivity contribution in [1.82, 2.24) is 5.32 Å². The summed E-state index contributed by atoms with van der Waals surface area (Å²) in [5.74, 6) is -0.361. The summed E-state index contributed by atoms with van der Waals surface area (Å²) >= 11 is 3.48. The van der Waals surface area contributed by atoms with Gasteiger partial charge in [-0.25, -0.2) is 4.39 Å². The van der Waals surface area contributed by atoms with Crippen molar-refractivity contribution >= 4 is 15.9 Å². The van der Waals surface area contributed by atoms with Gasteiger partial charge in [0, 0.05) is 23.1 Å². The van der Waals surface area contributed by atoms with E-state index in [4.69, 9.17) is 5.11 Å². The summed E-state index contributed by atoms with van der Waals surface area (Å²) in [7, 11) is 0. The van der Waals surface area contributed by atoms with Gasteiger partial charge >= 0.3 is 0 Å². The molecule has 0 atom stereocenters. The van der Waals surface area contributed by atoms with Gasteiger partial charge in [0.25, 0.3) is 0 Å². The van der Waals surface area contributed by atoms with E-state index in [1.165, 1.54) is 17.2 Å². The van der Waals surface area contributed by atoms with Gasteiger partial charge in [-0.2, -0.15) is 0 Å². The maximum atomic E-state index is 13.3. The van der Waals surface area contributed by atoms with Gasteiger partial charge in [0.15, 0.2) is 0 Å². The van der Waals surface area contributed by atoms with E-state index in [0.29, 0.717) is 12.1 Å². The van der Waals surface area contributed by atoms with Crippen LogP contribution in [0.5, 0.6) is 0 Å². The van der Waals surface area contributed by atoms with Gasteiger partial charge < -0.3 is 10.4 Å². The molecule has 2 aromatic carbocycles. The first-order valence-electron chi connectivity index (χ1n) is 6.44. The summed E-state index contributed by atoms with van der Waals surface area (Å²) in [5, 5.41) is 12.4. The topological polar surface area (TPSA) is 32.3 Å². The van der Waals surface area contributed by atoms with E-state index >= 15 is 0 Å². The summed E-state index contributed by atoms with van der Waals surface area (Å²) in [4.78, 5) is 0. The van der Waals surface area contributed by atoms with Crippen molar-refractivity contribution < 1.29 is 9.50 Å². The van der Waals surface area contributed by atoms with E-state index in [-0.39, 0.29) is 12.4 Å². The Morgan fingerprint density at radius 1 is 1.10 bits per heavy atom. The predicted molar refractivity (Wildman–Crippen MR) is 81.7 cm³/mol. The van der Waals surface area contributed by atoms with Crippen LogP contribution in [-0.2, 0) is 19.7 Å². The van der Waals surface area contributed by atoms with Crippen LogP contribution in [0, 0.1) is 12.7 Å². The molecule has 0 aliphatic carbocycles. The highest BCUT2D eigenvalue weighted by Gasteiger charge is 2.03. The Labute approximate surface area is 126 Å². The lowest BCUT2D eigenvalue weighted by molar-refractivity contribution is 0.275. The standard InChI is InChI=1S/C16H17BrFNO/c1-11-6-12(2-4-15(11)17)8-19-9-13-3-5-16(18)14(7-13)10-20/h2-7,19-20H,8-10H2,1H3. The Morgan fingerprint density at radius 2 is 1.75 bits per heavy atom. The molecule has 2 rings (SSSR count). The van der Waals surface area contributed by atoms with Crippen LogP contribution in [0.2, 0.25) is 0 Å². The van der Waals surface area contributed by atoms with Gasteiger partial charge in [0.2, 0.25) is 0 Å². The largest absolute Gasteiger partial charge is 0.392 e. The second-order valence-corrected chi connectivity index (χ2v) is 5.63.